The van der Waals surface area contributed by atoms with Gasteiger partial charge in [-0.3, -0.25) is 4.72 Å². The summed E-state index contributed by atoms with van der Waals surface area (Å²) < 4.78 is 77.3. The molecule has 2 aromatic heterocycles. The second-order valence-electron chi connectivity index (χ2n) is 9.60. The van der Waals surface area contributed by atoms with Crippen LogP contribution in [0.1, 0.15) is 17.5 Å². The number of ether oxygens (including phenoxy) is 1. The quantitative estimate of drug-likeness (QED) is 0.252. The molecule has 1 aliphatic rings. The van der Waals surface area contributed by atoms with Crippen LogP contribution in [0.15, 0.2) is 67.0 Å². The van der Waals surface area contributed by atoms with Crippen LogP contribution >= 0.6 is 0 Å². The van der Waals surface area contributed by atoms with Gasteiger partial charge < -0.3 is 15.4 Å². The number of nitrogens with one attached hydrogen (secondary N) is 3. The van der Waals surface area contributed by atoms with E-state index in [1.807, 2.05) is 0 Å². The number of hydrogen-bond donors (Lipinski definition) is 3. The van der Waals surface area contributed by atoms with Crippen LogP contribution in [-0.2, 0) is 15.8 Å². The first-order chi connectivity index (χ1) is 19.7. The molecular formula is C28H27F3N6O3S. The van der Waals surface area contributed by atoms with Gasteiger partial charge in [-0.1, -0.05) is 30.3 Å². The maximum Gasteiger partial charge on any atom is 0.237 e. The van der Waals surface area contributed by atoms with Crippen molar-refractivity contribution >= 4 is 21.7 Å². The predicted octanol–water partition coefficient (Wildman–Crippen LogP) is 4.97. The maximum atomic E-state index is 15.2. The minimum absolute atomic E-state index is 0.0598. The lowest BCUT2D eigenvalue weighted by Gasteiger charge is -2.26. The molecule has 0 spiro atoms. The third-order valence-corrected chi connectivity index (χ3v) is 7.60. The normalized spacial score (nSPS) is 17.2. The Morgan fingerprint density at radius 2 is 1.83 bits per heavy atom. The van der Waals surface area contributed by atoms with E-state index in [0.717, 1.165) is 0 Å². The maximum absolute atomic E-state index is 15.2. The van der Waals surface area contributed by atoms with E-state index in [-0.39, 0.29) is 23.4 Å². The van der Waals surface area contributed by atoms with Gasteiger partial charge in [-0.15, -0.1) is 0 Å². The molecule has 0 saturated carbocycles. The van der Waals surface area contributed by atoms with E-state index >= 15 is 8.78 Å². The molecule has 0 radical (unpaired) electrons. The summed E-state index contributed by atoms with van der Waals surface area (Å²) in [4.78, 5) is 12.8. The lowest BCUT2D eigenvalue weighted by atomic mass is 10.1. The number of pyridine rings is 1. The van der Waals surface area contributed by atoms with E-state index in [1.165, 1.54) is 25.4 Å². The molecule has 0 bridgehead atoms. The Labute approximate surface area is 235 Å². The number of alkyl halides is 1. The molecule has 2 aromatic carbocycles. The first-order valence-corrected chi connectivity index (χ1v) is 14.4. The molecule has 1 saturated heterocycles. The Balaban J connectivity index is 1.38. The van der Waals surface area contributed by atoms with Gasteiger partial charge in [0, 0.05) is 37.9 Å². The van der Waals surface area contributed by atoms with E-state index in [1.54, 1.807) is 48.5 Å². The van der Waals surface area contributed by atoms with Crippen molar-refractivity contribution in [3.05, 3.63) is 89.8 Å². The lowest BCUT2D eigenvalue weighted by molar-refractivity contribution is 0.254. The van der Waals surface area contributed by atoms with Gasteiger partial charge in [0.1, 0.15) is 6.17 Å². The number of piperidine rings is 1. The summed E-state index contributed by atoms with van der Waals surface area (Å²) in [5.74, 6) is -3.49. The Kier molecular flexibility index (Phi) is 8.36. The zero-order chi connectivity index (χ0) is 29.0. The fourth-order valence-corrected chi connectivity index (χ4v) is 5.70. The van der Waals surface area contributed by atoms with E-state index in [4.69, 9.17) is 4.74 Å². The fourth-order valence-electron chi connectivity index (χ4n) is 4.44. The molecule has 5 rings (SSSR count). The lowest BCUT2D eigenvalue weighted by Crippen LogP contribution is -2.44. The highest BCUT2D eigenvalue weighted by atomic mass is 32.2. The first kappa shape index (κ1) is 28.3. The van der Waals surface area contributed by atoms with Gasteiger partial charge in [0.05, 0.1) is 22.7 Å². The molecule has 0 aliphatic carbocycles. The summed E-state index contributed by atoms with van der Waals surface area (Å²) in [6, 6.07) is 14.2. The van der Waals surface area contributed by atoms with Crippen molar-refractivity contribution in [3.8, 4) is 22.9 Å². The molecule has 13 heteroatoms. The minimum atomic E-state index is -4.04. The van der Waals surface area contributed by atoms with Gasteiger partial charge >= 0.3 is 0 Å². The van der Waals surface area contributed by atoms with E-state index in [0.29, 0.717) is 36.3 Å². The number of aromatic nitrogens is 3. The van der Waals surface area contributed by atoms with Gasteiger partial charge in [0.2, 0.25) is 27.7 Å². The number of benzene rings is 2. The molecule has 0 amide bonds. The highest BCUT2D eigenvalue weighted by Gasteiger charge is 2.24. The average Bonchev–Trinajstić information content (AvgIpc) is 2.95. The molecule has 9 nitrogen and oxygen atoms in total. The first-order valence-electron chi connectivity index (χ1n) is 12.8. The largest absolute Gasteiger partial charge is 0.435 e. The van der Waals surface area contributed by atoms with Gasteiger partial charge in [-0.2, -0.15) is 4.39 Å². The molecule has 3 N–H and O–H groups in total. The molecule has 1 aliphatic heterocycles. The third-order valence-electron chi connectivity index (χ3n) is 6.37. The molecule has 41 heavy (non-hydrogen) atoms. The molecule has 214 valence electrons. The minimum Gasteiger partial charge on any atom is -0.435 e. The summed E-state index contributed by atoms with van der Waals surface area (Å²) in [6.07, 6.45) is 2.25. The number of nitrogens with zero attached hydrogens (tertiary/aromatic N) is 3. The predicted molar refractivity (Wildman–Crippen MR) is 149 cm³/mol. The van der Waals surface area contributed by atoms with Crippen LogP contribution in [0.2, 0.25) is 0 Å². The molecule has 2 atom stereocenters. The summed E-state index contributed by atoms with van der Waals surface area (Å²) in [5, 5.41) is 6.10. The van der Waals surface area contributed by atoms with Crippen molar-refractivity contribution in [1.82, 2.24) is 20.3 Å². The molecule has 3 heterocycles. The van der Waals surface area contributed by atoms with Crippen molar-refractivity contribution in [2.75, 3.05) is 23.1 Å². The molecule has 4 aromatic rings. The summed E-state index contributed by atoms with van der Waals surface area (Å²) >= 11 is 0. The van der Waals surface area contributed by atoms with Crippen molar-refractivity contribution in [2.24, 2.45) is 0 Å². The topological polar surface area (TPSA) is 118 Å². The van der Waals surface area contributed by atoms with Crippen molar-refractivity contribution in [2.45, 2.75) is 31.3 Å². The van der Waals surface area contributed by atoms with Crippen LogP contribution < -0.4 is 20.1 Å². The second-order valence-corrected chi connectivity index (χ2v) is 11.3. The van der Waals surface area contributed by atoms with Crippen LogP contribution in [0.4, 0.5) is 24.8 Å². The number of anilines is 2. The summed E-state index contributed by atoms with van der Waals surface area (Å²) in [6.45, 7) is 2.28. The molecular weight excluding hydrogens is 557 g/mol. The van der Waals surface area contributed by atoms with Crippen LogP contribution in [-0.4, -0.2) is 48.7 Å². The Morgan fingerprint density at radius 3 is 2.61 bits per heavy atom. The molecule has 0 unspecified atom stereocenters. The van der Waals surface area contributed by atoms with Gasteiger partial charge in [0.25, 0.3) is 0 Å². The number of rotatable bonds is 9. The zero-order valence-electron chi connectivity index (χ0n) is 21.9. The van der Waals surface area contributed by atoms with Crippen molar-refractivity contribution in [1.29, 1.82) is 0 Å². The third kappa shape index (κ3) is 6.92. The standard InChI is InChI=1S/C28H27F3N6O3S/c1-17-12-23(24(30)25(31)26(17)37-41(38,39)16-18-6-3-2-4-7-18)40-27-21(8-5-10-33-27)22-9-11-34-28(36-22)35-20-13-19(29)14-32-15-20/h2-12,19-20,32,37H,13-16H2,1H3,(H,34,35,36)/t19-,20-/m0/s1. The van der Waals surface area contributed by atoms with Gasteiger partial charge in [0.15, 0.2) is 11.6 Å². The van der Waals surface area contributed by atoms with Crippen LogP contribution in [0.3, 0.4) is 0 Å². The smallest absolute Gasteiger partial charge is 0.237 e. The van der Waals surface area contributed by atoms with Gasteiger partial charge in [-0.05, 0) is 42.3 Å². The zero-order valence-corrected chi connectivity index (χ0v) is 22.8. The highest BCUT2D eigenvalue weighted by Crippen LogP contribution is 2.36. The monoisotopic (exact) mass is 584 g/mol. The van der Waals surface area contributed by atoms with Crippen LogP contribution in [0, 0.1) is 18.6 Å². The highest BCUT2D eigenvalue weighted by molar-refractivity contribution is 7.91. The van der Waals surface area contributed by atoms with Crippen molar-refractivity contribution in [3.63, 3.8) is 0 Å². The number of halogens is 3. The average molecular weight is 585 g/mol. The van der Waals surface area contributed by atoms with E-state index in [9.17, 15) is 12.8 Å². The summed E-state index contributed by atoms with van der Waals surface area (Å²) in [5.41, 5.74) is 0.841. The Morgan fingerprint density at radius 1 is 1.02 bits per heavy atom. The fraction of sp³-hybridized carbons (Fsp3) is 0.250. The van der Waals surface area contributed by atoms with E-state index in [2.05, 4.69) is 30.3 Å². The van der Waals surface area contributed by atoms with E-state index < -0.39 is 45.0 Å². The number of hydrogen-bond acceptors (Lipinski definition) is 8. The SMILES string of the molecule is Cc1cc(Oc2ncccc2-c2ccnc(N[C@@H]3CNC[C@@H](F)C3)n2)c(F)c(F)c1NS(=O)(=O)Cc1ccccc1. The molecule has 1 fully saturated rings. The van der Waals surface area contributed by atoms with Crippen LogP contribution in [0.25, 0.3) is 11.3 Å². The Hall–Kier alpha value is -4.23. The van der Waals surface area contributed by atoms with Crippen LogP contribution in [0.5, 0.6) is 11.6 Å². The summed E-state index contributed by atoms with van der Waals surface area (Å²) in [7, 11) is -4.04. The second kappa shape index (κ2) is 12.1. The Bertz CT molecular complexity index is 1640. The van der Waals surface area contributed by atoms with Crippen molar-refractivity contribution < 1.29 is 26.3 Å². The van der Waals surface area contributed by atoms with Gasteiger partial charge in [-0.25, -0.2) is 32.2 Å². The number of aryl methyl sites for hydroxylation is 1. The number of sulfonamides is 1.